The van der Waals surface area contributed by atoms with E-state index >= 15 is 0 Å². The molecular weight excluding hydrogens is 408 g/mol. The number of primary amides is 2. The van der Waals surface area contributed by atoms with Crippen LogP contribution in [-0.4, -0.2) is 55.5 Å². The zero-order valence-electron chi connectivity index (χ0n) is 16.4. The molecule has 5 atom stereocenters. The summed E-state index contributed by atoms with van der Waals surface area (Å²) in [5.74, 6) is -7.35. The number of aliphatic hydroxyl groups is 3. The number of amides is 2. The van der Waals surface area contributed by atoms with Crippen LogP contribution in [0.4, 0.5) is 0 Å². The Morgan fingerprint density at radius 1 is 1.13 bits per heavy atom. The van der Waals surface area contributed by atoms with Crippen molar-refractivity contribution in [2.45, 2.75) is 37.4 Å². The molecule has 10 nitrogen and oxygen atoms in total. The van der Waals surface area contributed by atoms with Crippen molar-refractivity contribution in [3.05, 3.63) is 40.2 Å². The van der Waals surface area contributed by atoms with Gasteiger partial charge in [-0.15, -0.1) is 0 Å². The topological polar surface area (TPSA) is 201 Å². The largest absolute Gasteiger partial charge is 0.508 e. The molecule has 3 aliphatic carbocycles. The van der Waals surface area contributed by atoms with E-state index in [0.29, 0.717) is 11.1 Å². The maximum Gasteiger partial charge on any atom is 0.255 e. The predicted octanol–water partition coefficient (Wildman–Crippen LogP) is -1.23. The number of aliphatic hydroxyl groups excluding tert-OH is 2. The summed E-state index contributed by atoms with van der Waals surface area (Å²) in [6, 6.07) is 2.75. The number of ketones is 2. The zero-order valence-corrected chi connectivity index (χ0v) is 16.4. The van der Waals surface area contributed by atoms with Gasteiger partial charge in [0.1, 0.15) is 23.2 Å². The normalized spacial score (nSPS) is 32.2. The van der Waals surface area contributed by atoms with Crippen LogP contribution < -0.4 is 11.5 Å². The minimum Gasteiger partial charge on any atom is -0.508 e. The van der Waals surface area contributed by atoms with Crippen LogP contribution in [0.15, 0.2) is 23.5 Å². The Kier molecular flexibility index (Phi) is 4.67. The molecule has 2 unspecified atom stereocenters. The van der Waals surface area contributed by atoms with Gasteiger partial charge in [0, 0.05) is 12.3 Å². The molecule has 1 aromatic carbocycles. The quantitative estimate of drug-likeness (QED) is 0.320. The van der Waals surface area contributed by atoms with Crippen LogP contribution in [0.1, 0.15) is 34.3 Å². The Morgan fingerprint density at radius 2 is 1.81 bits per heavy atom. The first-order chi connectivity index (χ1) is 14.5. The fourth-order valence-corrected chi connectivity index (χ4v) is 5.49. The van der Waals surface area contributed by atoms with Gasteiger partial charge in [0.15, 0.2) is 17.2 Å². The second-order valence-electron chi connectivity index (χ2n) is 8.51. The lowest BCUT2D eigenvalue weighted by Crippen LogP contribution is -2.64. The van der Waals surface area contributed by atoms with Crippen LogP contribution in [0.2, 0.25) is 0 Å². The van der Waals surface area contributed by atoms with Crippen LogP contribution in [0.3, 0.4) is 0 Å². The first kappa shape index (κ1) is 21.0. The van der Waals surface area contributed by atoms with Gasteiger partial charge in [0.05, 0.1) is 17.9 Å². The third-order valence-electron chi connectivity index (χ3n) is 6.85. The van der Waals surface area contributed by atoms with Crippen LogP contribution >= 0.6 is 0 Å². The van der Waals surface area contributed by atoms with E-state index < -0.39 is 64.2 Å². The maximum absolute atomic E-state index is 13.3. The molecule has 0 spiro atoms. The van der Waals surface area contributed by atoms with Crippen molar-refractivity contribution in [3.8, 4) is 5.75 Å². The first-order valence-electron chi connectivity index (χ1n) is 9.81. The highest BCUT2D eigenvalue weighted by atomic mass is 16.4. The van der Waals surface area contributed by atoms with E-state index in [2.05, 4.69) is 0 Å². The lowest BCUT2D eigenvalue weighted by Gasteiger charge is -2.52. The Balaban J connectivity index is 1.84. The molecule has 0 saturated heterocycles. The molecule has 0 aromatic heterocycles. The first-order valence-corrected chi connectivity index (χ1v) is 9.81. The Labute approximate surface area is 176 Å². The molecule has 31 heavy (non-hydrogen) atoms. The van der Waals surface area contributed by atoms with Gasteiger partial charge in [-0.2, -0.15) is 0 Å². The van der Waals surface area contributed by atoms with E-state index in [0.717, 1.165) is 0 Å². The summed E-state index contributed by atoms with van der Waals surface area (Å²) in [4.78, 5) is 48.7. The van der Waals surface area contributed by atoms with Gasteiger partial charge < -0.3 is 31.9 Å². The monoisotopic (exact) mass is 430 g/mol. The highest BCUT2D eigenvalue weighted by Gasteiger charge is 2.62. The fraction of sp³-hybridized carbons (Fsp3) is 0.429. The molecule has 1 fully saturated rings. The predicted molar refractivity (Wildman–Crippen MR) is 104 cm³/mol. The van der Waals surface area contributed by atoms with E-state index in [1.165, 1.54) is 12.1 Å². The molecule has 3 aliphatic rings. The van der Waals surface area contributed by atoms with Gasteiger partial charge in [-0.1, -0.05) is 6.07 Å². The van der Waals surface area contributed by atoms with Crippen molar-refractivity contribution in [1.82, 2.24) is 0 Å². The lowest BCUT2D eigenvalue weighted by molar-refractivity contribution is -0.170. The minimum atomic E-state index is -2.41. The van der Waals surface area contributed by atoms with E-state index in [9.17, 15) is 39.6 Å². The summed E-state index contributed by atoms with van der Waals surface area (Å²) in [6.07, 6.45) is -2.06. The molecule has 0 radical (unpaired) electrons. The molecule has 10 heteroatoms. The highest BCUT2D eigenvalue weighted by Crippen LogP contribution is 2.53. The van der Waals surface area contributed by atoms with Gasteiger partial charge in [0.25, 0.3) is 5.91 Å². The van der Waals surface area contributed by atoms with Crippen LogP contribution in [-0.2, 0) is 27.2 Å². The number of phenols is 1. The van der Waals surface area contributed by atoms with E-state index in [-0.39, 0.29) is 37.0 Å². The van der Waals surface area contributed by atoms with E-state index in [1.54, 1.807) is 0 Å². The van der Waals surface area contributed by atoms with Crippen molar-refractivity contribution in [2.75, 3.05) is 0 Å². The number of Topliss-reactive ketones (excluding diaryl/α,β-unsaturated/α-hetero) is 2. The average Bonchev–Trinajstić information content (AvgIpc) is 2.66. The Hall–Kier alpha value is -3.24. The van der Waals surface area contributed by atoms with Crippen LogP contribution in [0, 0.1) is 17.8 Å². The van der Waals surface area contributed by atoms with Crippen molar-refractivity contribution >= 4 is 23.4 Å². The molecule has 1 aromatic rings. The zero-order chi connectivity index (χ0) is 22.8. The van der Waals surface area contributed by atoms with Gasteiger partial charge in [0.2, 0.25) is 5.91 Å². The summed E-state index contributed by atoms with van der Waals surface area (Å²) >= 11 is 0. The molecule has 0 aliphatic heterocycles. The van der Waals surface area contributed by atoms with Gasteiger partial charge >= 0.3 is 0 Å². The summed E-state index contributed by atoms with van der Waals surface area (Å²) in [6.45, 7) is 0. The maximum atomic E-state index is 13.3. The number of hydrogen-bond acceptors (Lipinski definition) is 8. The fourth-order valence-electron chi connectivity index (χ4n) is 5.49. The molecule has 8 N–H and O–H groups in total. The summed E-state index contributed by atoms with van der Waals surface area (Å²) in [5, 5.41) is 43.1. The van der Waals surface area contributed by atoms with Gasteiger partial charge in [-0.25, -0.2) is 0 Å². The Bertz CT molecular complexity index is 1080. The molecule has 2 amide bonds. The standard InChI is InChI=1S/C21H22N2O8/c22-13(26)5-7-1-2-11(24)15-10(7)4-8-3-9-6-12(25)16(20(23)30)19(29)21(9,31)18(28)14(8)17(15)27/h1-2,8-9,14,18,24,28-29,31H,3-6H2,(H2,22,26)(H2,23,30)/t8-,9+,14?,18?,21+/m1/s1. The number of fused-ring (bicyclic) bond motifs is 3. The SMILES string of the molecule is NC(=O)Cc1ccc(O)c2c1C[C@H]1C[C@H]3CC(=O)C(C(N)=O)=C(O)[C@@]3(O)C(O)C1C2=O. The van der Waals surface area contributed by atoms with Crippen LogP contribution in [0.5, 0.6) is 5.75 Å². The van der Waals surface area contributed by atoms with Crippen LogP contribution in [0.25, 0.3) is 0 Å². The Morgan fingerprint density at radius 3 is 2.42 bits per heavy atom. The number of phenolic OH excluding ortho intramolecular Hbond substituents is 1. The third-order valence-corrected chi connectivity index (χ3v) is 6.85. The number of rotatable bonds is 3. The van der Waals surface area contributed by atoms with E-state index in [4.69, 9.17) is 11.5 Å². The summed E-state index contributed by atoms with van der Waals surface area (Å²) in [5.41, 5.74) is 8.09. The van der Waals surface area contributed by atoms with E-state index in [1.807, 2.05) is 0 Å². The highest BCUT2D eigenvalue weighted by molar-refractivity contribution is 6.20. The second-order valence-corrected chi connectivity index (χ2v) is 8.51. The number of carbonyl (C=O) groups excluding carboxylic acids is 4. The number of nitrogens with two attached hydrogens (primary N) is 2. The lowest BCUT2D eigenvalue weighted by atomic mass is 9.55. The molecule has 0 heterocycles. The molecule has 4 rings (SSSR count). The smallest absolute Gasteiger partial charge is 0.255 e. The van der Waals surface area contributed by atoms with Gasteiger partial charge in [-0.3, -0.25) is 19.2 Å². The number of hydrogen-bond donors (Lipinski definition) is 6. The van der Waals surface area contributed by atoms with Crippen molar-refractivity contribution < 1.29 is 39.6 Å². The number of benzene rings is 1. The van der Waals surface area contributed by atoms with Crippen molar-refractivity contribution in [3.63, 3.8) is 0 Å². The number of carbonyl (C=O) groups is 4. The summed E-state index contributed by atoms with van der Waals surface area (Å²) < 4.78 is 0. The number of aromatic hydroxyl groups is 1. The molecule has 164 valence electrons. The third kappa shape index (κ3) is 2.86. The molecule has 1 saturated carbocycles. The van der Waals surface area contributed by atoms with Crippen molar-refractivity contribution in [2.24, 2.45) is 29.2 Å². The van der Waals surface area contributed by atoms with Gasteiger partial charge in [-0.05, 0) is 36.0 Å². The molecular formula is C21H22N2O8. The molecule has 0 bridgehead atoms. The average molecular weight is 430 g/mol. The minimum absolute atomic E-state index is 0.0772. The van der Waals surface area contributed by atoms with Crippen molar-refractivity contribution in [1.29, 1.82) is 0 Å². The second kappa shape index (κ2) is 6.89. The summed E-state index contributed by atoms with van der Waals surface area (Å²) in [7, 11) is 0.